The van der Waals surface area contributed by atoms with Gasteiger partial charge >= 0.3 is 5.97 Å². The van der Waals surface area contributed by atoms with E-state index in [9.17, 15) is 29.4 Å². The molecule has 2 bridgehead atoms. The summed E-state index contributed by atoms with van der Waals surface area (Å²) in [5.74, 6) is -2.73. The van der Waals surface area contributed by atoms with Crippen molar-refractivity contribution in [3.05, 3.63) is 0 Å². The fourth-order valence-electron chi connectivity index (χ4n) is 6.37. The maximum absolute atomic E-state index is 13.0. The average molecular weight is 639 g/mol. The van der Waals surface area contributed by atoms with E-state index in [1.165, 1.54) is 0 Å². The lowest BCUT2D eigenvalue weighted by atomic mass is 9.69. The molecule has 7 unspecified atom stereocenters. The van der Waals surface area contributed by atoms with Gasteiger partial charge in [0, 0.05) is 36.9 Å². The van der Waals surface area contributed by atoms with Gasteiger partial charge in [0.1, 0.15) is 0 Å². The number of aliphatic hydroxyl groups excluding tert-OH is 1. The Morgan fingerprint density at radius 2 is 1.45 bits per heavy atom. The van der Waals surface area contributed by atoms with Crippen molar-refractivity contribution in [3.8, 4) is 0 Å². The summed E-state index contributed by atoms with van der Waals surface area (Å²) < 4.78 is 0. The van der Waals surface area contributed by atoms with Crippen LogP contribution < -0.4 is 16.4 Å². The van der Waals surface area contributed by atoms with E-state index in [1.807, 2.05) is 19.0 Å². The minimum Gasteiger partial charge on any atom is -0.481 e. The first-order chi connectivity index (χ1) is 16.8. The van der Waals surface area contributed by atoms with Crippen LogP contribution in [0.2, 0.25) is 0 Å². The maximum Gasteiger partial charge on any atom is 0.306 e. The van der Waals surface area contributed by atoms with Gasteiger partial charge in [0.2, 0.25) is 17.7 Å². The Hall–Kier alpha value is -2.20. The van der Waals surface area contributed by atoms with Crippen molar-refractivity contribution in [2.75, 3.05) is 40.3 Å². The van der Waals surface area contributed by atoms with Crippen LogP contribution in [-0.2, 0) is 19.2 Å². The van der Waals surface area contributed by atoms with Crippen molar-refractivity contribution >= 4 is 23.7 Å². The Kier molecular flexibility index (Phi) is 32.7. The first-order valence-corrected chi connectivity index (χ1v) is 13.1. The van der Waals surface area contributed by atoms with Gasteiger partial charge in [-0.15, -0.1) is 0 Å². The molecule has 2 fully saturated rings. The second-order valence-corrected chi connectivity index (χ2v) is 11.8. The highest BCUT2D eigenvalue weighted by molar-refractivity contribution is 5.85. The van der Waals surface area contributed by atoms with E-state index in [-0.39, 0.29) is 109 Å². The highest BCUT2D eigenvalue weighted by Crippen LogP contribution is 2.57. The van der Waals surface area contributed by atoms with Gasteiger partial charge in [0.05, 0.1) is 12.5 Å². The van der Waals surface area contributed by atoms with Crippen LogP contribution in [-0.4, -0.2) is 79.1 Å². The summed E-state index contributed by atoms with van der Waals surface area (Å²) in [5.41, 5.74) is 4.94. The third-order valence-electron chi connectivity index (χ3n) is 8.46. The SMILES string of the molecule is C.C.C.C.C.C.C.C.CC1C2CC(C(=O)O)C(C2)C1CC(CC(CC(C)(C)C(=O)NCCN(C)C)C(=O)NCCO)C(N)=O. The zero-order valence-corrected chi connectivity index (χ0v) is 22.5. The van der Waals surface area contributed by atoms with Crippen LogP contribution in [0.5, 0.6) is 0 Å². The van der Waals surface area contributed by atoms with Crippen molar-refractivity contribution in [2.45, 2.75) is 112 Å². The molecular weight excluding hydrogens is 560 g/mol. The molecule has 0 aliphatic heterocycles. The molecule has 0 aromatic rings. The second kappa shape index (κ2) is 25.0. The third kappa shape index (κ3) is 15.2. The molecule has 2 saturated carbocycles. The van der Waals surface area contributed by atoms with Crippen LogP contribution in [0.15, 0.2) is 0 Å². The zero-order chi connectivity index (χ0) is 27.2. The summed E-state index contributed by atoms with van der Waals surface area (Å²) >= 11 is 0. The number of primary amides is 1. The van der Waals surface area contributed by atoms with Gasteiger partial charge < -0.3 is 31.5 Å². The zero-order valence-electron chi connectivity index (χ0n) is 22.5. The number of likely N-dealkylation sites (N-methyl/N-ethyl adjacent to an activating group) is 1. The minimum absolute atomic E-state index is 0. The highest BCUT2D eigenvalue weighted by Gasteiger charge is 2.53. The van der Waals surface area contributed by atoms with Gasteiger partial charge in [-0.25, -0.2) is 0 Å². The van der Waals surface area contributed by atoms with E-state index in [1.54, 1.807) is 13.8 Å². The Labute approximate surface area is 273 Å². The Morgan fingerprint density at radius 3 is 1.89 bits per heavy atom. The van der Waals surface area contributed by atoms with Gasteiger partial charge in [0.25, 0.3) is 0 Å². The number of rotatable bonds is 15. The lowest BCUT2D eigenvalue weighted by molar-refractivity contribution is -0.144. The Bertz CT molecular complexity index is 805. The number of hydrogen-bond donors (Lipinski definition) is 5. The summed E-state index contributed by atoms with van der Waals surface area (Å²) in [6, 6.07) is 0. The minimum atomic E-state index is -0.871. The quantitative estimate of drug-likeness (QED) is 0.152. The summed E-state index contributed by atoms with van der Waals surface area (Å²) in [6.45, 7) is 6.70. The van der Waals surface area contributed by atoms with Gasteiger partial charge in [-0.05, 0) is 69.9 Å². The molecule has 0 radical (unpaired) electrons. The normalized spacial score (nSPS) is 22.1. The number of amides is 3. The van der Waals surface area contributed by atoms with Crippen LogP contribution in [0.1, 0.15) is 112 Å². The van der Waals surface area contributed by atoms with Gasteiger partial charge in [-0.2, -0.15) is 0 Å². The standard InChI is InChI=1S/C26H46N4O6.8CH4/c1-15-16-11-20(21(12-16)24(34)35)19(15)13-17(22(27)32)10-18(23(33)28-7-9-31)14-26(2,3)25(36)29-6-8-30(4)5;;;;;;;;/h15-21,31H,6-14H2,1-5H3,(H2,27,32)(H,28,33)(H,29,36)(H,34,35);8*1H4. The van der Waals surface area contributed by atoms with Crippen molar-refractivity contribution in [1.82, 2.24) is 15.5 Å². The Morgan fingerprint density at radius 1 is 0.909 bits per heavy atom. The largest absolute Gasteiger partial charge is 0.481 e. The molecule has 0 spiro atoms. The molecule has 0 heterocycles. The van der Waals surface area contributed by atoms with Crippen molar-refractivity contribution in [3.63, 3.8) is 0 Å². The second-order valence-electron chi connectivity index (χ2n) is 11.8. The lowest BCUT2D eigenvalue weighted by Gasteiger charge is -2.35. The van der Waals surface area contributed by atoms with E-state index in [2.05, 4.69) is 17.6 Å². The number of hydrogen-bond acceptors (Lipinski definition) is 6. The molecule has 2 aliphatic rings. The predicted octanol–water partition coefficient (Wildman–Crippen LogP) is 5.77. The first-order valence-electron chi connectivity index (χ1n) is 13.1. The van der Waals surface area contributed by atoms with E-state index in [0.29, 0.717) is 37.8 Å². The van der Waals surface area contributed by atoms with Crippen molar-refractivity contribution in [1.29, 1.82) is 0 Å². The molecule has 6 N–H and O–H groups in total. The molecule has 2 aliphatic carbocycles. The van der Waals surface area contributed by atoms with Crippen LogP contribution in [0.3, 0.4) is 0 Å². The summed E-state index contributed by atoms with van der Waals surface area (Å²) in [4.78, 5) is 52.2. The molecule has 3 amide bonds. The molecule has 0 saturated heterocycles. The predicted molar refractivity (Wildman–Crippen MR) is 189 cm³/mol. The molecular formula is C34H78N4O6. The summed E-state index contributed by atoms with van der Waals surface area (Å²) in [7, 11) is 3.83. The molecule has 0 aromatic carbocycles. The van der Waals surface area contributed by atoms with Gasteiger partial charge in [-0.3, -0.25) is 19.2 Å². The van der Waals surface area contributed by atoms with E-state index < -0.39 is 35.0 Å². The molecule has 44 heavy (non-hydrogen) atoms. The smallest absolute Gasteiger partial charge is 0.306 e. The average Bonchev–Trinajstić information content (AvgIpc) is 3.35. The lowest BCUT2D eigenvalue weighted by Crippen LogP contribution is -2.44. The number of aliphatic hydroxyl groups is 1. The molecule has 7 atom stereocenters. The molecule has 10 heteroatoms. The Balaban J connectivity index is -0.000000342. The molecule has 270 valence electrons. The maximum atomic E-state index is 13.0. The fraction of sp³-hybridized carbons (Fsp3) is 0.882. The van der Waals surface area contributed by atoms with Crippen LogP contribution in [0, 0.1) is 46.8 Å². The van der Waals surface area contributed by atoms with Gasteiger partial charge in [-0.1, -0.05) is 80.2 Å². The van der Waals surface area contributed by atoms with Gasteiger partial charge in [0.15, 0.2) is 0 Å². The highest BCUT2D eigenvalue weighted by atomic mass is 16.4. The number of nitrogens with two attached hydrogens (primary N) is 1. The summed E-state index contributed by atoms with van der Waals surface area (Å²) in [6.07, 6.45) is 2.38. The monoisotopic (exact) mass is 639 g/mol. The number of nitrogens with one attached hydrogen (secondary N) is 2. The molecule has 2 rings (SSSR count). The van der Waals surface area contributed by atoms with Crippen LogP contribution >= 0.6 is 0 Å². The van der Waals surface area contributed by atoms with E-state index >= 15 is 0 Å². The fourth-order valence-corrected chi connectivity index (χ4v) is 6.37. The van der Waals surface area contributed by atoms with E-state index in [4.69, 9.17) is 5.73 Å². The number of carbonyl (C=O) groups excluding carboxylic acids is 3. The number of nitrogens with zero attached hydrogens (tertiary/aromatic N) is 1. The first kappa shape index (κ1) is 57.5. The number of carbonyl (C=O) groups is 4. The molecule has 10 nitrogen and oxygen atoms in total. The number of fused-ring (bicyclic) bond motifs is 2. The van der Waals surface area contributed by atoms with Crippen LogP contribution in [0.4, 0.5) is 0 Å². The van der Waals surface area contributed by atoms with Crippen LogP contribution in [0.25, 0.3) is 0 Å². The topological polar surface area (TPSA) is 162 Å². The third-order valence-corrected chi connectivity index (χ3v) is 8.46. The number of aliphatic carboxylic acids is 1. The number of carboxylic acid groups (broad SMARTS) is 1. The van der Waals surface area contributed by atoms with Crippen molar-refractivity contribution in [2.24, 2.45) is 52.6 Å². The van der Waals surface area contributed by atoms with Crippen molar-refractivity contribution < 1.29 is 29.4 Å². The molecule has 0 aromatic heterocycles. The summed E-state index contributed by atoms with van der Waals surface area (Å²) in [5, 5.41) is 24.4. The number of carboxylic acids is 1. The van der Waals surface area contributed by atoms with E-state index in [0.717, 1.165) is 6.42 Å².